The van der Waals surface area contributed by atoms with E-state index in [-0.39, 0.29) is 5.41 Å². The Morgan fingerprint density at radius 2 is 1.95 bits per heavy atom. The number of nitrogens with zero attached hydrogens (tertiary/aromatic N) is 2. The third kappa shape index (κ3) is 4.04. The van der Waals surface area contributed by atoms with Crippen molar-refractivity contribution in [1.82, 2.24) is 9.97 Å². The first-order chi connectivity index (χ1) is 10.1. The number of rotatable bonds is 7. The zero-order valence-electron chi connectivity index (χ0n) is 13.2. The summed E-state index contributed by atoms with van der Waals surface area (Å²) in [4.78, 5) is 9.00. The summed E-state index contributed by atoms with van der Waals surface area (Å²) in [5, 5.41) is 7.51. The second kappa shape index (κ2) is 6.72. The summed E-state index contributed by atoms with van der Waals surface area (Å²) in [7, 11) is 3.57. The van der Waals surface area contributed by atoms with Crippen LogP contribution in [0.2, 0.25) is 0 Å². The van der Waals surface area contributed by atoms with Crippen molar-refractivity contribution in [3.63, 3.8) is 0 Å². The highest BCUT2D eigenvalue weighted by Gasteiger charge is 2.18. The number of nitrogens with one attached hydrogen (secondary N) is 2. The summed E-state index contributed by atoms with van der Waals surface area (Å²) in [5.74, 6) is 1.50. The van der Waals surface area contributed by atoms with Crippen molar-refractivity contribution in [2.75, 3.05) is 37.9 Å². The largest absolute Gasteiger partial charge is 0.385 e. The smallest absolute Gasteiger partial charge is 0.224 e. The standard InChI is InChI=1S/C16H24N4O/c1-16(2,9-10-21-4)11-18-14-12-7-5-6-8-13(12)19-15(17-3)20-14/h5-8H,9-11H2,1-4H3,(H2,17,18,19,20). The summed E-state index contributed by atoms with van der Waals surface area (Å²) in [6.07, 6.45) is 0.998. The average Bonchev–Trinajstić information content (AvgIpc) is 2.50. The van der Waals surface area contributed by atoms with E-state index in [0.717, 1.165) is 36.3 Å². The maximum atomic E-state index is 5.17. The van der Waals surface area contributed by atoms with Crippen molar-refractivity contribution >= 4 is 22.7 Å². The second-order valence-corrected chi connectivity index (χ2v) is 5.92. The molecule has 5 nitrogen and oxygen atoms in total. The van der Waals surface area contributed by atoms with Gasteiger partial charge in [0.25, 0.3) is 0 Å². The normalized spacial score (nSPS) is 11.6. The van der Waals surface area contributed by atoms with Gasteiger partial charge in [-0.05, 0) is 24.0 Å². The van der Waals surface area contributed by atoms with E-state index in [0.29, 0.717) is 5.95 Å². The monoisotopic (exact) mass is 288 g/mol. The predicted molar refractivity (Wildman–Crippen MR) is 87.8 cm³/mol. The van der Waals surface area contributed by atoms with Crippen LogP contribution in [0.25, 0.3) is 10.9 Å². The quantitative estimate of drug-likeness (QED) is 0.819. The molecule has 0 bridgehead atoms. The van der Waals surface area contributed by atoms with Crippen molar-refractivity contribution in [2.45, 2.75) is 20.3 Å². The molecular formula is C16H24N4O. The fourth-order valence-electron chi connectivity index (χ4n) is 2.11. The van der Waals surface area contributed by atoms with Gasteiger partial charge in [-0.25, -0.2) is 4.98 Å². The van der Waals surface area contributed by atoms with Crippen molar-refractivity contribution in [1.29, 1.82) is 0 Å². The lowest BCUT2D eigenvalue weighted by molar-refractivity contribution is 0.157. The van der Waals surface area contributed by atoms with Crippen LogP contribution >= 0.6 is 0 Å². The lowest BCUT2D eigenvalue weighted by Crippen LogP contribution is -2.25. The summed E-state index contributed by atoms with van der Waals surface area (Å²) in [5.41, 5.74) is 1.08. The molecule has 114 valence electrons. The Kier molecular flexibility index (Phi) is 4.96. The molecule has 0 saturated heterocycles. The Bertz CT molecular complexity index is 598. The Hall–Kier alpha value is -1.88. The summed E-state index contributed by atoms with van der Waals surface area (Å²) >= 11 is 0. The number of aromatic nitrogens is 2. The van der Waals surface area contributed by atoms with Crippen LogP contribution in [0.4, 0.5) is 11.8 Å². The Balaban J connectivity index is 2.21. The number of hydrogen-bond donors (Lipinski definition) is 2. The van der Waals surface area contributed by atoms with Crippen LogP contribution in [0.3, 0.4) is 0 Å². The highest BCUT2D eigenvalue weighted by Crippen LogP contribution is 2.25. The van der Waals surface area contributed by atoms with Crippen molar-refractivity contribution in [3.05, 3.63) is 24.3 Å². The molecule has 0 radical (unpaired) electrons. The SMILES string of the molecule is CNc1nc(NCC(C)(C)CCOC)c2ccccc2n1. The molecule has 0 aliphatic carbocycles. The summed E-state index contributed by atoms with van der Waals surface area (Å²) < 4.78 is 5.17. The van der Waals surface area contributed by atoms with E-state index in [1.807, 2.05) is 31.3 Å². The Morgan fingerprint density at radius 1 is 1.19 bits per heavy atom. The molecule has 5 heteroatoms. The van der Waals surface area contributed by atoms with Gasteiger partial charge in [-0.15, -0.1) is 0 Å². The zero-order valence-corrected chi connectivity index (χ0v) is 13.2. The van der Waals surface area contributed by atoms with E-state index in [4.69, 9.17) is 4.74 Å². The van der Waals surface area contributed by atoms with Crippen LogP contribution in [0, 0.1) is 5.41 Å². The van der Waals surface area contributed by atoms with Gasteiger partial charge in [-0.2, -0.15) is 4.98 Å². The molecule has 1 heterocycles. The highest BCUT2D eigenvalue weighted by molar-refractivity contribution is 5.89. The number of hydrogen-bond acceptors (Lipinski definition) is 5. The first kappa shape index (κ1) is 15.5. The van der Waals surface area contributed by atoms with Gasteiger partial charge in [0, 0.05) is 32.7 Å². The van der Waals surface area contributed by atoms with Crippen LogP contribution in [0.1, 0.15) is 20.3 Å². The lowest BCUT2D eigenvalue weighted by atomic mass is 9.90. The number of methoxy groups -OCH3 is 1. The maximum absolute atomic E-state index is 5.17. The average molecular weight is 288 g/mol. The number of ether oxygens (including phenoxy) is 1. The number of fused-ring (bicyclic) bond motifs is 1. The van der Waals surface area contributed by atoms with Gasteiger partial charge in [-0.3, -0.25) is 0 Å². The van der Waals surface area contributed by atoms with Crippen LogP contribution in [0.5, 0.6) is 0 Å². The lowest BCUT2D eigenvalue weighted by Gasteiger charge is -2.25. The molecule has 0 amide bonds. The predicted octanol–water partition coefficient (Wildman–Crippen LogP) is 3.15. The molecule has 2 N–H and O–H groups in total. The number of benzene rings is 1. The number of anilines is 2. The van der Waals surface area contributed by atoms with Gasteiger partial charge < -0.3 is 15.4 Å². The molecule has 2 rings (SSSR count). The first-order valence-corrected chi connectivity index (χ1v) is 7.23. The van der Waals surface area contributed by atoms with E-state index >= 15 is 0 Å². The molecule has 2 aromatic rings. The van der Waals surface area contributed by atoms with Crippen molar-refractivity contribution in [2.24, 2.45) is 5.41 Å². The molecule has 0 aliphatic rings. The molecule has 0 atom stereocenters. The minimum absolute atomic E-state index is 0.141. The molecule has 0 saturated carbocycles. The van der Waals surface area contributed by atoms with Gasteiger partial charge in [-0.1, -0.05) is 26.0 Å². The van der Waals surface area contributed by atoms with Crippen molar-refractivity contribution < 1.29 is 4.74 Å². The van der Waals surface area contributed by atoms with Gasteiger partial charge in [0.05, 0.1) is 5.52 Å². The van der Waals surface area contributed by atoms with E-state index in [2.05, 4.69) is 34.4 Å². The maximum Gasteiger partial charge on any atom is 0.224 e. The molecule has 0 fully saturated rings. The van der Waals surface area contributed by atoms with Crippen LogP contribution < -0.4 is 10.6 Å². The fourth-order valence-corrected chi connectivity index (χ4v) is 2.11. The van der Waals surface area contributed by atoms with E-state index in [9.17, 15) is 0 Å². The third-order valence-corrected chi connectivity index (χ3v) is 3.54. The van der Waals surface area contributed by atoms with Crippen LogP contribution in [-0.2, 0) is 4.74 Å². The molecule has 0 unspecified atom stereocenters. The molecular weight excluding hydrogens is 264 g/mol. The minimum atomic E-state index is 0.141. The second-order valence-electron chi connectivity index (χ2n) is 5.92. The zero-order chi connectivity index (χ0) is 15.3. The Morgan fingerprint density at radius 3 is 2.67 bits per heavy atom. The molecule has 1 aromatic heterocycles. The van der Waals surface area contributed by atoms with E-state index < -0.39 is 0 Å². The van der Waals surface area contributed by atoms with Crippen LogP contribution in [0.15, 0.2) is 24.3 Å². The Labute approximate surface area is 126 Å². The van der Waals surface area contributed by atoms with Gasteiger partial charge >= 0.3 is 0 Å². The van der Waals surface area contributed by atoms with E-state index in [1.54, 1.807) is 7.11 Å². The van der Waals surface area contributed by atoms with Gasteiger partial charge in [0.15, 0.2) is 0 Å². The topological polar surface area (TPSA) is 59.1 Å². The van der Waals surface area contributed by atoms with Gasteiger partial charge in [0.1, 0.15) is 5.82 Å². The first-order valence-electron chi connectivity index (χ1n) is 7.23. The summed E-state index contributed by atoms with van der Waals surface area (Å²) in [6.45, 7) is 6.05. The van der Waals surface area contributed by atoms with E-state index in [1.165, 1.54) is 0 Å². The number of para-hydroxylation sites is 1. The van der Waals surface area contributed by atoms with Crippen molar-refractivity contribution in [3.8, 4) is 0 Å². The third-order valence-electron chi connectivity index (χ3n) is 3.54. The van der Waals surface area contributed by atoms with Gasteiger partial charge in [0.2, 0.25) is 5.95 Å². The summed E-state index contributed by atoms with van der Waals surface area (Å²) in [6, 6.07) is 8.03. The highest BCUT2D eigenvalue weighted by atomic mass is 16.5. The van der Waals surface area contributed by atoms with Crippen LogP contribution in [-0.4, -0.2) is 37.3 Å². The molecule has 1 aromatic carbocycles. The minimum Gasteiger partial charge on any atom is -0.385 e. The fraction of sp³-hybridized carbons (Fsp3) is 0.500. The molecule has 0 aliphatic heterocycles. The molecule has 21 heavy (non-hydrogen) atoms. The molecule has 0 spiro atoms.